The van der Waals surface area contributed by atoms with Crippen molar-refractivity contribution in [1.82, 2.24) is 24.5 Å². The molecule has 6 nitrogen and oxygen atoms in total. The van der Waals surface area contributed by atoms with Crippen molar-refractivity contribution in [2.45, 2.75) is 52.4 Å². The van der Waals surface area contributed by atoms with Crippen LogP contribution in [0.1, 0.15) is 59.5 Å². The molecular formula is C18H23N5OS. The van der Waals surface area contributed by atoms with Crippen LogP contribution in [0.4, 0.5) is 0 Å². The van der Waals surface area contributed by atoms with E-state index in [4.69, 9.17) is 4.98 Å². The molecule has 0 aliphatic heterocycles. The van der Waals surface area contributed by atoms with Crippen molar-refractivity contribution in [3.05, 3.63) is 22.1 Å². The fraction of sp³-hybridized carbons (Fsp3) is 0.556. The van der Waals surface area contributed by atoms with E-state index in [1.54, 1.807) is 20.8 Å². The second-order valence-corrected chi connectivity index (χ2v) is 7.88. The van der Waals surface area contributed by atoms with E-state index in [0.29, 0.717) is 0 Å². The molecule has 25 heavy (non-hydrogen) atoms. The maximum Gasteiger partial charge on any atom is 0.293 e. The van der Waals surface area contributed by atoms with Crippen molar-refractivity contribution >= 4 is 33.1 Å². The fourth-order valence-corrected chi connectivity index (χ4v) is 4.81. The van der Waals surface area contributed by atoms with Crippen LogP contribution in [0.25, 0.3) is 15.9 Å². The third-order valence-electron chi connectivity index (χ3n) is 4.94. The molecule has 4 rings (SSSR count). The lowest BCUT2D eigenvalue weighted by molar-refractivity contribution is 0.0781. The number of rotatable bonds is 4. The van der Waals surface area contributed by atoms with Gasteiger partial charge in [0.1, 0.15) is 10.7 Å². The van der Waals surface area contributed by atoms with E-state index < -0.39 is 0 Å². The van der Waals surface area contributed by atoms with E-state index >= 15 is 0 Å². The minimum atomic E-state index is -0.117. The smallest absolute Gasteiger partial charge is 0.293 e. The Bertz CT molecular complexity index is 958. The Balaban J connectivity index is 1.84. The molecule has 0 atom stereocenters. The van der Waals surface area contributed by atoms with Crippen LogP contribution in [0.15, 0.2) is 0 Å². The van der Waals surface area contributed by atoms with Crippen LogP contribution >= 0.6 is 11.3 Å². The Labute approximate surface area is 150 Å². The topological polar surface area (TPSA) is 63.4 Å². The van der Waals surface area contributed by atoms with E-state index in [1.807, 2.05) is 14.0 Å². The predicted molar refractivity (Wildman–Crippen MR) is 99.4 cm³/mol. The van der Waals surface area contributed by atoms with Gasteiger partial charge in [-0.2, -0.15) is 4.52 Å². The first-order valence-corrected chi connectivity index (χ1v) is 9.85. The number of hydrogen-bond acceptors (Lipinski definition) is 5. The normalized spacial score (nSPS) is 14.2. The molecule has 0 unspecified atom stereocenters. The zero-order valence-electron chi connectivity index (χ0n) is 15.0. The van der Waals surface area contributed by atoms with Crippen molar-refractivity contribution in [2.24, 2.45) is 0 Å². The number of aryl methyl sites for hydroxylation is 3. The molecule has 0 N–H and O–H groups in total. The Kier molecular flexibility index (Phi) is 4.19. The number of carbonyl (C=O) groups excluding carboxylic acids is 1. The lowest BCUT2D eigenvalue weighted by atomic mass is 9.97. The summed E-state index contributed by atoms with van der Waals surface area (Å²) in [4.78, 5) is 26.2. The Morgan fingerprint density at radius 2 is 2.08 bits per heavy atom. The molecule has 0 saturated heterocycles. The second kappa shape index (κ2) is 6.37. The van der Waals surface area contributed by atoms with Gasteiger partial charge >= 0.3 is 0 Å². The predicted octanol–water partition coefficient (Wildman–Crippen LogP) is 3.40. The van der Waals surface area contributed by atoms with Gasteiger partial charge in [-0.3, -0.25) is 4.79 Å². The molecule has 1 aliphatic carbocycles. The molecule has 7 heteroatoms. The number of amides is 1. The number of nitrogens with zero attached hydrogens (tertiary/aromatic N) is 5. The molecule has 1 aliphatic rings. The van der Waals surface area contributed by atoms with Crippen LogP contribution in [-0.2, 0) is 12.8 Å². The SMILES string of the molecule is CCCCN(C)C(=O)c1nc2c3c4c(sc3nc(C)n2n1)CCCC4. The first-order chi connectivity index (χ1) is 12.1. The summed E-state index contributed by atoms with van der Waals surface area (Å²) in [5.41, 5.74) is 2.16. The van der Waals surface area contributed by atoms with Crippen molar-refractivity contribution in [3.63, 3.8) is 0 Å². The minimum absolute atomic E-state index is 0.117. The monoisotopic (exact) mass is 357 g/mol. The van der Waals surface area contributed by atoms with Crippen LogP contribution in [0.2, 0.25) is 0 Å². The van der Waals surface area contributed by atoms with Crippen molar-refractivity contribution in [2.75, 3.05) is 13.6 Å². The highest BCUT2D eigenvalue weighted by Crippen LogP contribution is 2.37. The molecule has 1 amide bonds. The minimum Gasteiger partial charge on any atom is -0.339 e. The quantitative estimate of drug-likeness (QED) is 0.718. The molecule has 0 bridgehead atoms. The van der Waals surface area contributed by atoms with E-state index in [0.717, 1.165) is 53.9 Å². The van der Waals surface area contributed by atoms with E-state index in [-0.39, 0.29) is 11.7 Å². The number of hydrogen-bond donors (Lipinski definition) is 0. The number of aromatic nitrogens is 4. The number of carbonyl (C=O) groups is 1. The molecule has 3 aromatic rings. The van der Waals surface area contributed by atoms with Gasteiger partial charge in [-0.05, 0) is 44.6 Å². The summed E-state index contributed by atoms with van der Waals surface area (Å²) in [5, 5.41) is 5.58. The van der Waals surface area contributed by atoms with E-state index in [1.165, 1.54) is 23.3 Å². The summed E-state index contributed by atoms with van der Waals surface area (Å²) >= 11 is 1.78. The van der Waals surface area contributed by atoms with Gasteiger partial charge in [0.05, 0.1) is 5.39 Å². The summed E-state index contributed by atoms with van der Waals surface area (Å²) in [6.45, 7) is 4.77. The Morgan fingerprint density at radius 1 is 1.28 bits per heavy atom. The van der Waals surface area contributed by atoms with E-state index in [2.05, 4.69) is 17.0 Å². The standard InChI is InChI=1S/C18H23N5OS/c1-4-5-10-22(3)18(24)15-20-16-14-12-8-6-7-9-13(12)25-17(14)19-11(2)23(16)21-15/h4-10H2,1-3H3. The third kappa shape index (κ3) is 2.70. The molecule has 132 valence electrons. The summed E-state index contributed by atoms with van der Waals surface area (Å²) < 4.78 is 1.74. The third-order valence-corrected chi connectivity index (χ3v) is 6.12. The molecule has 0 fully saturated rings. The highest BCUT2D eigenvalue weighted by molar-refractivity contribution is 7.19. The first-order valence-electron chi connectivity index (χ1n) is 9.03. The van der Waals surface area contributed by atoms with Crippen LogP contribution in [0.3, 0.4) is 0 Å². The second-order valence-electron chi connectivity index (χ2n) is 6.80. The molecule has 3 aromatic heterocycles. The van der Waals surface area contributed by atoms with Crippen LogP contribution in [-0.4, -0.2) is 44.0 Å². The van der Waals surface area contributed by atoms with E-state index in [9.17, 15) is 4.79 Å². The summed E-state index contributed by atoms with van der Waals surface area (Å²) in [7, 11) is 1.82. The summed E-state index contributed by atoms with van der Waals surface area (Å²) in [6.07, 6.45) is 6.69. The maximum atomic E-state index is 12.7. The lowest BCUT2D eigenvalue weighted by Crippen LogP contribution is -2.28. The summed E-state index contributed by atoms with van der Waals surface area (Å²) in [5.74, 6) is 0.935. The van der Waals surface area contributed by atoms with Crippen LogP contribution in [0.5, 0.6) is 0 Å². The van der Waals surface area contributed by atoms with Gasteiger partial charge in [-0.1, -0.05) is 13.3 Å². The van der Waals surface area contributed by atoms with Gasteiger partial charge in [-0.25, -0.2) is 9.97 Å². The van der Waals surface area contributed by atoms with Crippen LogP contribution in [0, 0.1) is 6.92 Å². The van der Waals surface area contributed by atoms with Gasteiger partial charge in [0, 0.05) is 18.5 Å². The maximum absolute atomic E-state index is 12.7. The average Bonchev–Trinajstić information content (AvgIpc) is 3.20. The first kappa shape index (κ1) is 16.4. The molecule has 0 radical (unpaired) electrons. The van der Waals surface area contributed by atoms with Crippen molar-refractivity contribution < 1.29 is 4.79 Å². The van der Waals surface area contributed by atoms with Crippen molar-refractivity contribution in [1.29, 1.82) is 0 Å². The van der Waals surface area contributed by atoms with Gasteiger partial charge in [0.2, 0.25) is 5.82 Å². The van der Waals surface area contributed by atoms with Gasteiger partial charge in [0.25, 0.3) is 5.91 Å². The highest BCUT2D eigenvalue weighted by Gasteiger charge is 2.24. The largest absolute Gasteiger partial charge is 0.339 e. The Hall–Kier alpha value is -2.02. The molecule has 0 aromatic carbocycles. The zero-order valence-corrected chi connectivity index (χ0v) is 15.8. The van der Waals surface area contributed by atoms with Crippen LogP contribution < -0.4 is 0 Å². The van der Waals surface area contributed by atoms with Gasteiger partial charge < -0.3 is 4.90 Å². The highest BCUT2D eigenvalue weighted by atomic mass is 32.1. The summed E-state index contributed by atoms with van der Waals surface area (Å²) in [6, 6.07) is 0. The number of fused-ring (bicyclic) bond motifs is 5. The molecule has 3 heterocycles. The fourth-order valence-electron chi connectivity index (χ4n) is 3.51. The Morgan fingerprint density at radius 3 is 2.88 bits per heavy atom. The van der Waals surface area contributed by atoms with Gasteiger partial charge in [0.15, 0.2) is 5.65 Å². The molecular weight excluding hydrogens is 334 g/mol. The van der Waals surface area contributed by atoms with Crippen molar-refractivity contribution in [3.8, 4) is 0 Å². The van der Waals surface area contributed by atoms with Gasteiger partial charge in [-0.15, -0.1) is 16.4 Å². The molecule has 0 spiro atoms. The number of thiophene rings is 1. The zero-order chi connectivity index (χ0) is 17.6. The number of unbranched alkanes of at least 4 members (excludes halogenated alkanes) is 1. The molecule has 0 saturated carbocycles. The average molecular weight is 357 g/mol. The lowest BCUT2D eigenvalue weighted by Gasteiger charge is -2.13.